The van der Waals surface area contributed by atoms with Gasteiger partial charge in [-0.05, 0) is 53.5 Å². The molecule has 8 heteroatoms. The minimum atomic E-state index is -1.14. The van der Waals surface area contributed by atoms with E-state index in [1.165, 1.54) is 0 Å². The number of aliphatic carboxylic acids is 1. The molecule has 0 spiro atoms. The van der Waals surface area contributed by atoms with Gasteiger partial charge >= 0.3 is 5.97 Å². The summed E-state index contributed by atoms with van der Waals surface area (Å²) in [5.74, 6) is -1.93. The second kappa shape index (κ2) is 17.8. The Morgan fingerprint density at radius 2 is 1.11 bits per heavy atom. The molecule has 0 aliphatic heterocycles. The number of aromatic nitrogens is 2. The molecule has 2 unspecified atom stereocenters. The summed E-state index contributed by atoms with van der Waals surface area (Å²) in [6, 6.07) is 47.9. The summed E-state index contributed by atoms with van der Waals surface area (Å²) in [4.78, 5) is 43.8. The van der Waals surface area contributed by atoms with Gasteiger partial charge in [-0.1, -0.05) is 152 Å². The van der Waals surface area contributed by atoms with Gasteiger partial charge in [0.05, 0.1) is 12.0 Å². The SMILES string of the molecule is O=C(CCc1ccccc1)NC(Cc1ccccc1)C(=O)NC(CCCc1cn(C(c2ccccc2)(c2ccccc2)c2ccccc2)cn1)C(=O)O. The maximum atomic E-state index is 13.6. The average molecular weight is 705 g/mol. The zero-order valence-electron chi connectivity index (χ0n) is 29.6. The fraction of sp³-hybridized carbons (Fsp3) is 0.200. The fourth-order valence-electron chi connectivity index (χ4n) is 6.91. The molecule has 0 bridgehead atoms. The third-order valence-electron chi connectivity index (χ3n) is 9.56. The molecule has 3 N–H and O–H groups in total. The van der Waals surface area contributed by atoms with Gasteiger partial charge in [-0.2, -0.15) is 0 Å². The molecule has 0 radical (unpaired) electrons. The molecule has 2 atom stereocenters. The molecule has 8 nitrogen and oxygen atoms in total. The highest BCUT2D eigenvalue weighted by Crippen LogP contribution is 2.40. The number of hydrogen-bond acceptors (Lipinski definition) is 4. The smallest absolute Gasteiger partial charge is 0.326 e. The predicted molar refractivity (Wildman–Crippen MR) is 206 cm³/mol. The molecule has 1 aromatic heterocycles. The van der Waals surface area contributed by atoms with Gasteiger partial charge in [-0.25, -0.2) is 9.78 Å². The quantitative estimate of drug-likeness (QED) is 0.0888. The monoisotopic (exact) mass is 704 g/mol. The third-order valence-corrected chi connectivity index (χ3v) is 9.56. The van der Waals surface area contributed by atoms with Crippen LogP contribution >= 0.6 is 0 Å². The topological polar surface area (TPSA) is 113 Å². The fourth-order valence-corrected chi connectivity index (χ4v) is 6.91. The van der Waals surface area contributed by atoms with Gasteiger partial charge in [-0.3, -0.25) is 9.59 Å². The molecule has 0 fully saturated rings. The molecule has 53 heavy (non-hydrogen) atoms. The van der Waals surface area contributed by atoms with E-state index in [0.29, 0.717) is 19.3 Å². The number of amides is 2. The number of benzene rings is 5. The van der Waals surface area contributed by atoms with Crippen molar-refractivity contribution in [1.29, 1.82) is 0 Å². The van der Waals surface area contributed by atoms with E-state index in [1.807, 2.05) is 128 Å². The number of rotatable bonds is 17. The Bertz CT molecular complexity index is 1960. The van der Waals surface area contributed by atoms with E-state index in [0.717, 1.165) is 33.5 Å². The molecule has 0 saturated carbocycles. The number of imidazole rings is 1. The van der Waals surface area contributed by atoms with E-state index < -0.39 is 29.5 Å². The summed E-state index contributed by atoms with van der Waals surface area (Å²) < 4.78 is 2.13. The number of carbonyl (C=O) groups excluding carboxylic acids is 2. The molecule has 6 rings (SSSR count). The molecule has 1 heterocycles. The zero-order valence-corrected chi connectivity index (χ0v) is 29.6. The van der Waals surface area contributed by atoms with Crippen LogP contribution < -0.4 is 10.6 Å². The summed E-state index contributed by atoms with van der Waals surface area (Å²) in [6.45, 7) is 0. The highest BCUT2D eigenvalue weighted by molar-refractivity contribution is 5.90. The first-order valence-corrected chi connectivity index (χ1v) is 18.0. The van der Waals surface area contributed by atoms with Crippen LogP contribution in [0.25, 0.3) is 0 Å². The van der Waals surface area contributed by atoms with Gasteiger partial charge in [0.2, 0.25) is 11.8 Å². The van der Waals surface area contributed by atoms with Crippen LogP contribution in [0.2, 0.25) is 0 Å². The molecule has 0 aliphatic carbocycles. The lowest BCUT2D eigenvalue weighted by Gasteiger charge is -2.37. The Balaban J connectivity index is 1.16. The summed E-state index contributed by atoms with van der Waals surface area (Å²) in [7, 11) is 0. The highest BCUT2D eigenvalue weighted by Gasteiger charge is 2.38. The number of aryl methyl sites for hydroxylation is 2. The number of carboxylic acid groups (broad SMARTS) is 1. The minimum Gasteiger partial charge on any atom is -0.480 e. The van der Waals surface area contributed by atoms with Crippen molar-refractivity contribution in [3.8, 4) is 0 Å². The first-order valence-electron chi connectivity index (χ1n) is 18.0. The summed E-state index contributed by atoms with van der Waals surface area (Å²) in [6.07, 6.45) is 6.01. The van der Waals surface area contributed by atoms with Crippen LogP contribution in [-0.4, -0.2) is 44.5 Å². The first-order chi connectivity index (χ1) is 25.9. The van der Waals surface area contributed by atoms with Crippen molar-refractivity contribution in [3.05, 3.63) is 198 Å². The van der Waals surface area contributed by atoms with Gasteiger partial charge in [0.1, 0.15) is 17.6 Å². The number of carbonyl (C=O) groups is 3. The number of hydrogen-bond donors (Lipinski definition) is 3. The van der Waals surface area contributed by atoms with Crippen LogP contribution in [0.15, 0.2) is 164 Å². The normalized spacial score (nSPS) is 12.4. The molecular formula is C45H44N4O4. The molecule has 268 valence electrons. The van der Waals surface area contributed by atoms with Crippen LogP contribution in [-0.2, 0) is 39.2 Å². The van der Waals surface area contributed by atoms with E-state index in [2.05, 4.69) is 51.6 Å². The van der Waals surface area contributed by atoms with Gasteiger partial charge in [-0.15, -0.1) is 0 Å². The molecule has 0 saturated heterocycles. The van der Waals surface area contributed by atoms with Gasteiger partial charge in [0, 0.05) is 19.0 Å². The summed E-state index contributed by atoms with van der Waals surface area (Å²) in [5.41, 5.74) is 5.21. The van der Waals surface area contributed by atoms with Crippen LogP contribution in [0.3, 0.4) is 0 Å². The van der Waals surface area contributed by atoms with Crippen molar-refractivity contribution in [2.24, 2.45) is 0 Å². The average Bonchev–Trinajstić information content (AvgIpc) is 3.67. The number of nitrogens with zero attached hydrogens (tertiary/aromatic N) is 2. The van der Waals surface area contributed by atoms with E-state index in [4.69, 9.17) is 4.98 Å². The van der Waals surface area contributed by atoms with Crippen molar-refractivity contribution >= 4 is 17.8 Å². The lowest BCUT2D eigenvalue weighted by molar-refractivity contribution is -0.142. The van der Waals surface area contributed by atoms with Crippen molar-refractivity contribution in [3.63, 3.8) is 0 Å². The number of carboxylic acids is 1. The maximum Gasteiger partial charge on any atom is 0.326 e. The minimum absolute atomic E-state index is 0.190. The third kappa shape index (κ3) is 9.15. The first kappa shape index (κ1) is 36.5. The number of nitrogens with one attached hydrogen (secondary N) is 2. The Morgan fingerprint density at radius 1 is 0.623 bits per heavy atom. The molecule has 5 aromatic carbocycles. The van der Waals surface area contributed by atoms with E-state index in [-0.39, 0.29) is 25.2 Å². The second-order valence-corrected chi connectivity index (χ2v) is 13.2. The van der Waals surface area contributed by atoms with Gasteiger partial charge in [0.15, 0.2) is 0 Å². The van der Waals surface area contributed by atoms with Crippen LogP contribution in [0.5, 0.6) is 0 Å². The predicted octanol–water partition coefficient (Wildman–Crippen LogP) is 6.98. The second-order valence-electron chi connectivity index (χ2n) is 13.2. The Hall–Kier alpha value is -6.28. The van der Waals surface area contributed by atoms with Crippen LogP contribution in [0.1, 0.15) is 52.8 Å². The van der Waals surface area contributed by atoms with E-state index in [9.17, 15) is 19.5 Å². The zero-order chi connectivity index (χ0) is 36.9. The molecule has 0 aliphatic rings. The standard InChI is InChI=1S/C45H44N4O4/c50-42(30-29-34-17-6-1-7-18-34)47-41(31-35-19-8-2-9-20-35)43(51)48-40(44(52)53)28-16-27-39-32-49(33-46-39)45(36-21-10-3-11-22-36,37-23-12-4-13-24-37)38-25-14-5-15-26-38/h1-15,17-26,32-33,40-41H,16,27-31H2,(H,47,50)(H,48,51)(H,52,53). The molecular weight excluding hydrogens is 661 g/mol. The Labute approximate surface area is 310 Å². The molecule has 2 amide bonds. The van der Waals surface area contributed by atoms with Crippen molar-refractivity contribution in [2.75, 3.05) is 0 Å². The summed E-state index contributed by atoms with van der Waals surface area (Å²) in [5, 5.41) is 15.7. The highest BCUT2D eigenvalue weighted by atomic mass is 16.4. The van der Waals surface area contributed by atoms with Crippen molar-refractivity contribution in [2.45, 2.75) is 56.1 Å². The lowest BCUT2D eigenvalue weighted by atomic mass is 9.77. The van der Waals surface area contributed by atoms with Crippen LogP contribution in [0.4, 0.5) is 0 Å². The van der Waals surface area contributed by atoms with Crippen LogP contribution in [0, 0.1) is 0 Å². The van der Waals surface area contributed by atoms with Crippen molar-refractivity contribution < 1.29 is 19.5 Å². The Kier molecular flexibility index (Phi) is 12.2. The van der Waals surface area contributed by atoms with Gasteiger partial charge < -0.3 is 20.3 Å². The van der Waals surface area contributed by atoms with E-state index in [1.54, 1.807) is 0 Å². The maximum absolute atomic E-state index is 13.6. The van der Waals surface area contributed by atoms with Gasteiger partial charge in [0.25, 0.3) is 0 Å². The Morgan fingerprint density at radius 3 is 1.62 bits per heavy atom. The lowest BCUT2D eigenvalue weighted by Crippen LogP contribution is -2.52. The molecule has 6 aromatic rings. The largest absolute Gasteiger partial charge is 0.480 e. The van der Waals surface area contributed by atoms with E-state index >= 15 is 0 Å². The van der Waals surface area contributed by atoms with Crippen molar-refractivity contribution in [1.82, 2.24) is 20.2 Å². The summed E-state index contributed by atoms with van der Waals surface area (Å²) >= 11 is 0.